The number of nitrogens with one attached hydrogen (secondary N) is 1. The highest BCUT2D eigenvalue weighted by atomic mass is 16.2. The van der Waals surface area contributed by atoms with E-state index in [1.165, 1.54) is 5.56 Å². The predicted molar refractivity (Wildman–Crippen MR) is 141 cm³/mol. The van der Waals surface area contributed by atoms with Crippen molar-refractivity contribution in [1.29, 1.82) is 0 Å². The van der Waals surface area contributed by atoms with E-state index in [1.807, 2.05) is 105 Å². The van der Waals surface area contributed by atoms with E-state index in [4.69, 9.17) is 0 Å². The maximum absolute atomic E-state index is 13.4. The van der Waals surface area contributed by atoms with Gasteiger partial charge in [-0.25, -0.2) is 0 Å². The molecule has 2 amide bonds. The molecule has 4 nitrogen and oxygen atoms in total. The molecule has 0 bridgehead atoms. The van der Waals surface area contributed by atoms with E-state index in [0.717, 1.165) is 27.9 Å². The van der Waals surface area contributed by atoms with Gasteiger partial charge in [-0.2, -0.15) is 0 Å². The van der Waals surface area contributed by atoms with Crippen LogP contribution in [0.3, 0.4) is 0 Å². The first-order valence-electron chi connectivity index (χ1n) is 11.8. The molecule has 35 heavy (non-hydrogen) atoms. The Bertz CT molecular complexity index is 1300. The molecule has 0 fully saturated rings. The highest BCUT2D eigenvalue weighted by Crippen LogP contribution is 2.22. The van der Waals surface area contributed by atoms with Crippen LogP contribution in [0.1, 0.15) is 38.2 Å². The first-order valence-corrected chi connectivity index (χ1v) is 11.8. The van der Waals surface area contributed by atoms with Crippen LogP contribution in [0.25, 0.3) is 0 Å². The minimum Gasteiger partial charge on any atom is -0.352 e. The van der Waals surface area contributed by atoms with Gasteiger partial charge in [0.15, 0.2) is 0 Å². The molecule has 0 radical (unpaired) electrons. The van der Waals surface area contributed by atoms with Crippen molar-refractivity contribution < 1.29 is 9.59 Å². The van der Waals surface area contributed by atoms with E-state index in [9.17, 15) is 9.59 Å². The molecular weight excluding hydrogens is 432 g/mol. The molecule has 176 valence electrons. The van der Waals surface area contributed by atoms with Crippen molar-refractivity contribution >= 4 is 17.5 Å². The third-order valence-electron chi connectivity index (χ3n) is 5.87. The number of benzene rings is 4. The zero-order valence-corrected chi connectivity index (χ0v) is 20.2. The Kier molecular flexibility index (Phi) is 7.74. The Morgan fingerprint density at radius 2 is 1.31 bits per heavy atom. The molecule has 0 aromatic heterocycles. The summed E-state index contributed by atoms with van der Waals surface area (Å²) in [5.41, 5.74) is 6.81. The average molecular weight is 463 g/mol. The summed E-state index contributed by atoms with van der Waals surface area (Å²) in [4.78, 5) is 27.7. The SMILES string of the molecule is Cc1cccc(CNC(=O)Cc2ccc(N(Cc3cccc(C)c3)C(=O)c3ccccc3)cc2)c1. The zero-order chi connectivity index (χ0) is 24.6. The van der Waals surface area contributed by atoms with Crippen molar-refractivity contribution in [2.24, 2.45) is 0 Å². The fourth-order valence-corrected chi connectivity index (χ4v) is 4.07. The summed E-state index contributed by atoms with van der Waals surface area (Å²) in [5.74, 6) is -0.0908. The minimum absolute atomic E-state index is 0.0313. The molecule has 4 aromatic carbocycles. The van der Waals surface area contributed by atoms with Gasteiger partial charge in [0.05, 0.1) is 13.0 Å². The van der Waals surface area contributed by atoms with E-state index < -0.39 is 0 Å². The standard InChI is InChI=1S/C31H30N2O2/c1-23-8-6-10-26(18-23)21-32-30(34)20-25-14-16-29(17-15-25)33(22-27-11-7-9-24(2)19-27)31(35)28-12-4-3-5-13-28/h3-19H,20-22H2,1-2H3,(H,32,34). The smallest absolute Gasteiger partial charge is 0.258 e. The number of amides is 2. The van der Waals surface area contributed by atoms with Gasteiger partial charge in [-0.1, -0.05) is 90.0 Å². The van der Waals surface area contributed by atoms with Crippen molar-refractivity contribution in [3.8, 4) is 0 Å². The van der Waals surface area contributed by atoms with E-state index in [-0.39, 0.29) is 18.2 Å². The van der Waals surface area contributed by atoms with Crippen LogP contribution in [0.4, 0.5) is 5.69 Å². The fraction of sp³-hybridized carbons (Fsp3) is 0.161. The molecule has 1 N–H and O–H groups in total. The molecule has 4 aromatic rings. The Hall–Kier alpha value is -4.18. The lowest BCUT2D eigenvalue weighted by atomic mass is 10.1. The maximum Gasteiger partial charge on any atom is 0.258 e. The minimum atomic E-state index is -0.0595. The third-order valence-corrected chi connectivity index (χ3v) is 5.87. The molecule has 0 aliphatic carbocycles. The van der Waals surface area contributed by atoms with Gasteiger partial charge in [0, 0.05) is 17.8 Å². The lowest BCUT2D eigenvalue weighted by Gasteiger charge is -2.24. The van der Waals surface area contributed by atoms with Gasteiger partial charge in [-0.3, -0.25) is 9.59 Å². The molecule has 4 heteroatoms. The largest absolute Gasteiger partial charge is 0.352 e. The second-order valence-electron chi connectivity index (χ2n) is 8.86. The summed E-state index contributed by atoms with van der Waals surface area (Å²) >= 11 is 0. The third kappa shape index (κ3) is 6.67. The number of carbonyl (C=O) groups excluding carboxylic acids is 2. The van der Waals surface area contributed by atoms with Gasteiger partial charge in [0.1, 0.15) is 0 Å². The van der Waals surface area contributed by atoms with Crippen LogP contribution in [0.5, 0.6) is 0 Å². The van der Waals surface area contributed by atoms with Crippen molar-refractivity contribution in [2.75, 3.05) is 4.90 Å². The van der Waals surface area contributed by atoms with Crippen molar-refractivity contribution in [3.05, 3.63) is 137 Å². The first kappa shape index (κ1) is 24.0. The summed E-state index contributed by atoms with van der Waals surface area (Å²) in [5, 5.41) is 2.99. The molecule has 0 spiro atoms. The summed E-state index contributed by atoms with van der Waals surface area (Å²) in [6.45, 7) is 5.06. The number of carbonyl (C=O) groups is 2. The van der Waals surface area contributed by atoms with Crippen LogP contribution < -0.4 is 10.2 Å². The quantitative estimate of drug-likeness (QED) is 0.349. The van der Waals surface area contributed by atoms with Crippen LogP contribution in [0.2, 0.25) is 0 Å². The topological polar surface area (TPSA) is 49.4 Å². The molecule has 0 saturated heterocycles. The van der Waals surface area contributed by atoms with Gasteiger partial charge < -0.3 is 10.2 Å². The van der Waals surface area contributed by atoms with Gasteiger partial charge in [-0.05, 0) is 54.8 Å². The number of hydrogen-bond acceptors (Lipinski definition) is 2. The molecule has 0 heterocycles. The van der Waals surface area contributed by atoms with E-state index in [1.54, 1.807) is 4.90 Å². The molecule has 0 atom stereocenters. The molecule has 0 aliphatic heterocycles. The lowest BCUT2D eigenvalue weighted by molar-refractivity contribution is -0.120. The first-order chi connectivity index (χ1) is 17.0. The second-order valence-corrected chi connectivity index (χ2v) is 8.86. The van der Waals surface area contributed by atoms with Crippen LogP contribution >= 0.6 is 0 Å². The maximum atomic E-state index is 13.4. The number of anilines is 1. The van der Waals surface area contributed by atoms with Crippen LogP contribution in [-0.2, 0) is 24.3 Å². The van der Waals surface area contributed by atoms with E-state index in [2.05, 4.69) is 17.4 Å². The summed E-state index contributed by atoms with van der Waals surface area (Å²) in [6, 6.07) is 33.3. The average Bonchev–Trinajstić information content (AvgIpc) is 2.87. The van der Waals surface area contributed by atoms with E-state index in [0.29, 0.717) is 18.7 Å². The van der Waals surface area contributed by atoms with Crippen molar-refractivity contribution in [1.82, 2.24) is 5.32 Å². The predicted octanol–water partition coefficient (Wildman–Crippen LogP) is 6.01. The number of nitrogens with zero attached hydrogens (tertiary/aromatic N) is 1. The van der Waals surface area contributed by atoms with Crippen LogP contribution in [0, 0.1) is 13.8 Å². The second kappa shape index (κ2) is 11.3. The lowest BCUT2D eigenvalue weighted by Crippen LogP contribution is -2.30. The number of rotatable bonds is 8. The molecule has 4 rings (SSSR count). The molecule has 0 aliphatic rings. The fourth-order valence-electron chi connectivity index (χ4n) is 4.07. The Balaban J connectivity index is 1.47. The monoisotopic (exact) mass is 462 g/mol. The van der Waals surface area contributed by atoms with Crippen molar-refractivity contribution in [3.63, 3.8) is 0 Å². The van der Waals surface area contributed by atoms with Gasteiger partial charge in [-0.15, -0.1) is 0 Å². The summed E-state index contributed by atoms with van der Waals surface area (Å²) in [7, 11) is 0. The van der Waals surface area contributed by atoms with Crippen LogP contribution in [0.15, 0.2) is 103 Å². The molecule has 0 saturated carbocycles. The van der Waals surface area contributed by atoms with Crippen LogP contribution in [-0.4, -0.2) is 11.8 Å². The number of hydrogen-bond donors (Lipinski definition) is 1. The summed E-state index contributed by atoms with van der Waals surface area (Å²) in [6.07, 6.45) is 0.288. The summed E-state index contributed by atoms with van der Waals surface area (Å²) < 4.78 is 0. The number of aryl methyl sites for hydroxylation is 2. The normalized spacial score (nSPS) is 10.6. The van der Waals surface area contributed by atoms with Crippen molar-refractivity contribution in [2.45, 2.75) is 33.4 Å². The highest BCUT2D eigenvalue weighted by Gasteiger charge is 2.18. The van der Waals surface area contributed by atoms with Gasteiger partial charge >= 0.3 is 0 Å². The molecular formula is C31H30N2O2. The van der Waals surface area contributed by atoms with E-state index >= 15 is 0 Å². The Labute approximate surface area is 207 Å². The van der Waals surface area contributed by atoms with Gasteiger partial charge in [0.25, 0.3) is 5.91 Å². The van der Waals surface area contributed by atoms with Gasteiger partial charge in [0.2, 0.25) is 5.91 Å². The Morgan fingerprint density at radius 1 is 0.686 bits per heavy atom. The zero-order valence-electron chi connectivity index (χ0n) is 20.2. The molecule has 0 unspecified atom stereocenters. The highest BCUT2D eigenvalue weighted by molar-refractivity contribution is 6.06. The Morgan fingerprint density at radius 3 is 1.97 bits per heavy atom.